The van der Waals surface area contributed by atoms with Crippen LogP contribution in [0.15, 0.2) is 6.07 Å². The largest absolute Gasteiger partial charge is 0.374 e. The van der Waals surface area contributed by atoms with E-state index in [0.29, 0.717) is 30.2 Å². The van der Waals surface area contributed by atoms with E-state index in [0.717, 1.165) is 32.0 Å². The Hall–Kier alpha value is -0.910. The van der Waals surface area contributed by atoms with Crippen LogP contribution in [0.3, 0.4) is 0 Å². The van der Waals surface area contributed by atoms with Gasteiger partial charge in [-0.3, -0.25) is 4.90 Å². The third-order valence-corrected chi connectivity index (χ3v) is 3.73. The zero-order valence-corrected chi connectivity index (χ0v) is 13.2. The molecule has 0 amide bonds. The SMILES string of the molecule is CCOCc1nc(Cl)cc(N2CCN(C(C)C)CC2)n1. The van der Waals surface area contributed by atoms with E-state index in [1.807, 2.05) is 13.0 Å². The smallest absolute Gasteiger partial charge is 0.158 e. The average Bonchev–Trinajstić information content (AvgIpc) is 2.44. The Bertz CT molecular complexity index is 433. The Kier molecular flexibility index (Phi) is 5.57. The van der Waals surface area contributed by atoms with E-state index < -0.39 is 0 Å². The van der Waals surface area contributed by atoms with Gasteiger partial charge in [-0.1, -0.05) is 11.6 Å². The number of ether oxygens (including phenoxy) is 1. The number of aromatic nitrogens is 2. The number of anilines is 1. The fraction of sp³-hybridized carbons (Fsp3) is 0.714. The summed E-state index contributed by atoms with van der Waals surface area (Å²) >= 11 is 6.08. The van der Waals surface area contributed by atoms with E-state index in [2.05, 4.69) is 33.6 Å². The monoisotopic (exact) mass is 298 g/mol. The minimum atomic E-state index is 0.413. The van der Waals surface area contributed by atoms with Crippen LogP contribution in [0.25, 0.3) is 0 Å². The van der Waals surface area contributed by atoms with Crippen LogP contribution >= 0.6 is 11.6 Å². The molecule has 0 spiro atoms. The molecule has 0 aromatic carbocycles. The molecule has 0 unspecified atom stereocenters. The van der Waals surface area contributed by atoms with Gasteiger partial charge in [0.2, 0.25) is 0 Å². The lowest BCUT2D eigenvalue weighted by atomic mass is 10.2. The Morgan fingerprint density at radius 1 is 1.25 bits per heavy atom. The van der Waals surface area contributed by atoms with Gasteiger partial charge in [0.25, 0.3) is 0 Å². The predicted molar refractivity (Wildman–Crippen MR) is 81.3 cm³/mol. The first kappa shape index (κ1) is 15.5. The van der Waals surface area contributed by atoms with E-state index in [4.69, 9.17) is 16.3 Å². The third kappa shape index (κ3) is 4.04. The van der Waals surface area contributed by atoms with Gasteiger partial charge in [-0.25, -0.2) is 9.97 Å². The first-order valence-electron chi connectivity index (χ1n) is 7.20. The van der Waals surface area contributed by atoms with Gasteiger partial charge >= 0.3 is 0 Å². The molecule has 20 heavy (non-hydrogen) atoms. The topological polar surface area (TPSA) is 41.5 Å². The molecular weight excluding hydrogens is 276 g/mol. The van der Waals surface area contributed by atoms with Crippen molar-refractivity contribution in [2.24, 2.45) is 0 Å². The van der Waals surface area contributed by atoms with Crippen molar-refractivity contribution >= 4 is 17.4 Å². The third-order valence-electron chi connectivity index (χ3n) is 3.53. The summed E-state index contributed by atoms with van der Waals surface area (Å²) in [6, 6.07) is 2.43. The van der Waals surface area contributed by atoms with Crippen LogP contribution in [0.1, 0.15) is 26.6 Å². The van der Waals surface area contributed by atoms with Crippen molar-refractivity contribution in [3.63, 3.8) is 0 Å². The summed E-state index contributed by atoms with van der Waals surface area (Å²) in [6.45, 7) is 11.5. The highest BCUT2D eigenvalue weighted by Crippen LogP contribution is 2.19. The molecule has 2 heterocycles. The quantitative estimate of drug-likeness (QED) is 0.780. The van der Waals surface area contributed by atoms with Gasteiger partial charge in [-0.05, 0) is 20.8 Å². The van der Waals surface area contributed by atoms with Gasteiger partial charge in [-0.15, -0.1) is 0 Å². The van der Waals surface area contributed by atoms with Crippen molar-refractivity contribution in [3.8, 4) is 0 Å². The molecular formula is C14H23ClN4O. The van der Waals surface area contributed by atoms with Gasteiger partial charge in [0.1, 0.15) is 17.6 Å². The van der Waals surface area contributed by atoms with Crippen molar-refractivity contribution in [2.75, 3.05) is 37.7 Å². The van der Waals surface area contributed by atoms with Crippen molar-refractivity contribution < 1.29 is 4.74 Å². The summed E-state index contributed by atoms with van der Waals surface area (Å²) in [5.74, 6) is 1.56. The maximum atomic E-state index is 6.08. The molecule has 112 valence electrons. The van der Waals surface area contributed by atoms with E-state index in [9.17, 15) is 0 Å². The van der Waals surface area contributed by atoms with Crippen molar-refractivity contribution in [1.82, 2.24) is 14.9 Å². The summed E-state index contributed by atoms with van der Waals surface area (Å²) in [7, 11) is 0. The summed E-state index contributed by atoms with van der Waals surface area (Å²) in [5.41, 5.74) is 0. The molecule has 1 fully saturated rings. The highest BCUT2D eigenvalue weighted by molar-refractivity contribution is 6.29. The van der Waals surface area contributed by atoms with Crippen LogP contribution in [-0.4, -0.2) is 53.7 Å². The summed E-state index contributed by atoms with van der Waals surface area (Å²) in [4.78, 5) is 13.5. The maximum Gasteiger partial charge on any atom is 0.158 e. The molecule has 6 heteroatoms. The normalized spacial score (nSPS) is 16.9. The lowest BCUT2D eigenvalue weighted by Gasteiger charge is -2.37. The molecule has 2 rings (SSSR count). The van der Waals surface area contributed by atoms with Crippen LogP contribution in [0, 0.1) is 0 Å². The predicted octanol–water partition coefficient (Wildman–Crippen LogP) is 2.20. The summed E-state index contributed by atoms with van der Waals surface area (Å²) < 4.78 is 5.36. The molecule has 1 aliphatic heterocycles. The molecule has 0 atom stereocenters. The lowest BCUT2D eigenvalue weighted by Crippen LogP contribution is -2.49. The number of hydrogen-bond acceptors (Lipinski definition) is 5. The van der Waals surface area contributed by atoms with Crippen molar-refractivity contribution in [2.45, 2.75) is 33.4 Å². The maximum absolute atomic E-state index is 6.08. The first-order valence-corrected chi connectivity index (χ1v) is 7.58. The number of rotatable bonds is 5. The van der Waals surface area contributed by atoms with E-state index in [1.165, 1.54) is 0 Å². The van der Waals surface area contributed by atoms with E-state index in [1.54, 1.807) is 0 Å². The van der Waals surface area contributed by atoms with Crippen LogP contribution < -0.4 is 4.90 Å². The molecule has 1 saturated heterocycles. The Morgan fingerprint density at radius 2 is 1.95 bits per heavy atom. The van der Waals surface area contributed by atoms with Crippen LogP contribution in [-0.2, 0) is 11.3 Å². The van der Waals surface area contributed by atoms with Gasteiger partial charge in [-0.2, -0.15) is 0 Å². The van der Waals surface area contributed by atoms with Crippen LogP contribution in [0.2, 0.25) is 5.15 Å². The van der Waals surface area contributed by atoms with E-state index in [-0.39, 0.29) is 0 Å². The van der Waals surface area contributed by atoms with Gasteiger partial charge in [0, 0.05) is 44.9 Å². The molecule has 0 bridgehead atoms. The lowest BCUT2D eigenvalue weighted by molar-refractivity contribution is 0.128. The van der Waals surface area contributed by atoms with Gasteiger partial charge in [0.05, 0.1) is 0 Å². The second kappa shape index (κ2) is 7.20. The number of nitrogens with zero attached hydrogens (tertiary/aromatic N) is 4. The Morgan fingerprint density at radius 3 is 2.55 bits per heavy atom. The van der Waals surface area contributed by atoms with Gasteiger partial charge in [0.15, 0.2) is 5.82 Å². The molecule has 0 N–H and O–H groups in total. The highest BCUT2D eigenvalue weighted by atomic mass is 35.5. The van der Waals surface area contributed by atoms with Crippen LogP contribution in [0.5, 0.6) is 0 Å². The minimum absolute atomic E-state index is 0.413. The molecule has 1 aromatic rings. The number of halogens is 1. The zero-order chi connectivity index (χ0) is 14.5. The zero-order valence-electron chi connectivity index (χ0n) is 12.5. The second-order valence-corrected chi connectivity index (χ2v) is 5.61. The number of hydrogen-bond donors (Lipinski definition) is 0. The fourth-order valence-electron chi connectivity index (χ4n) is 2.34. The van der Waals surface area contributed by atoms with Crippen molar-refractivity contribution in [1.29, 1.82) is 0 Å². The second-order valence-electron chi connectivity index (χ2n) is 5.22. The molecule has 5 nitrogen and oxygen atoms in total. The fourth-order valence-corrected chi connectivity index (χ4v) is 2.53. The molecule has 1 aliphatic rings. The minimum Gasteiger partial charge on any atom is -0.374 e. The van der Waals surface area contributed by atoms with Gasteiger partial charge < -0.3 is 9.64 Å². The average molecular weight is 299 g/mol. The highest BCUT2D eigenvalue weighted by Gasteiger charge is 2.20. The summed E-state index contributed by atoms with van der Waals surface area (Å²) in [6.07, 6.45) is 0. The Labute approximate surface area is 125 Å². The van der Waals surface area contributed by atoms with Crippen LogP contribution in [0.4, 0.5) is 5.82 Å². The van der Waals surface area contributed by atoms with Crippen molar-refractivity contribution in [3.05, 3.63) is 17.0 Å². The number of piperazine rings is 1. The summed E-state index contributed by atoms with van der Waals surface area (Å²) in [5, 5.41) is 0.482. The molecule has 0 saturated carbocycles. The molecule has 0 radical (unpaired) electrons. The molecule has 0 aliphatic carbocycles. The molecule has 1 aromatic heterocycles. The standard InChI is InChI=1S/C14H23ClN4O/c1-4-20-10-13-16-12(15)9-14(17-13)19-7-5-18(6-8-19)11(2)3/h9,11H,4-8,10H2,1-3H3. The first-order chi connectivity index (χ1) is 9.60. The van der Waals surface area contributed by atoms with E-state index >= 15 is 0 Å². The Balaban J connectivity index is 2.03.